The minimum absolute atomic E-state index is 0.134. The summed E-state index contributed by atoms with van der Waals surface area (Å²) in [5, 5.41) is 8.26. The number of fused-ring (bicyclic) bond motifs is 2. The summed E-state index contributed by atoms with van der Waals surface area (Å²) >= 11 is 0. The number of carbonyl (C=O) groups excluding carboxylic acids is 7. The molecule has 3 heterocycles. The standard InChI is InChI=1S/C39H54N6O8/c1-24-12-8-9-15-28(24)22-29(41-33(46)19-18-27-13-6-5-7-14-27)35(48)42-30-23-53-39(52)32-17-11-21-45(32)36(49)25(2)40-34(47)26(3)43(4)38(51)31-16-10-20-44(31)37(30)50/h8-9,12,15,18-19,25-27,29-32H,5-7,10-11,13-14,16-17,20-23H2,1-4H3,(H,40,47)(H,41,46)(H,42,48)/b19-18+/t25-,26-,29-,30-,31-,32-/m0/s1. The summed E-state index contributed by atoms with van der Waals surface area (Å²) in [5.41, 5.74) is 1.74. The minimum atomic E-state index is -1.41. The molecule has 6 amide bonds. The highest BCUT2D eigenvalue weighted by atomic mass is 16.5. The number of ether oxygens (including phenoxy) is 1. The fourth-order valence-corrected chi connectivity index (χ4v) is 7.76. The van der Waals surface area contributed by atoms with E-state index in [2.05, 4.69) is 16.0 Å². The van der Waals surface area contributed by atoms with Gasteiger partial charge in [0.2, 0.25) is 35.4 Å². The number of likely N-dealkylation sites (N-methyl/N-ethyl adjacent to an activating group) is 1. The van der Waals surface area contributed by atoms with E-state index in [1.165, 1.54) is 41.2 Å². The molecule has 0 bridgehead atoms. The van der Waals surface area contributed by atoms with Gasteiger partial charge in [0.25, 0.3) is 0 Å². The van der Waals surface area contributed by atoms with E-state index in [4.69, 9.17) is 4.74 Å². The minimum Gasteiger partial charge on any atom is -0.461 e. The molecule has 3 N–H and O–H groups in total. The van der Waals surface area contributed by atoms with E-state index in [9.17, 15) is 33.6 Å². The second-order valence-electron chi connectivity index (χ2n) is 14.9. The number of nitrogens with one attached hydrogen (secondary N) is 3. The predicted octanol–water partition coefficient (Wildman–Crippen LogP) is 1.53. The number of aryl methyl sites for hydroxylation is 1. The van der Waals surface area contributed by atoms with Gasteiger partial charge in [0.1, 0.15) is 42.9 Å². The predicted molar refractivity (Wildman–Crippen MR) is 195 cm³/mol. The molecule has 288 valence electrons. The molecule has 1 aromatic rings. The quantitative estimate of drug-likeness (QED) is 0.280. The van der Waals surface area contributed by atoms with Crippen molar-refractivity contribution >= 4 is 41.4 Å². The Bertz CT molecular complexity index is 1590. The van der Waals surface area contributed by atoms with Crippen LogP contribution in [0.5, 0.6) is 0 Å². The van der Waals surface area contributed by atoms with E-state index in [1.807, 2.05) is 37.3 Å². The zero-order valence-electron chi connectivity index (χ0n) is 31.3. The molecule has 3 aliphatic heterocycles. The van der Waals surface area contributed by atoms with Gasteiger partial charge in [-0.3, -0.25) is 28.8 Å². The van der Waals surface area contributed by atoms with Gasteiger partial charge in [0, 0.05) is 26.6 Å². The number of cyclic esters (lactones) is 1. The molecule has 0 aromatic heterocycles. The third kappa shape index (κ3) is 9.63. The van der Waals surface area contributed by atoms with Crippen LogP contribution >= 0.6 is 0 Å². The number of carbonyl (C=O) groups is 7. The Morgan fingerprint density at radius 2 is 1.55 bits per heavy atom. The fourth-order valence-electron chi connectivity index (χ4n) is 7.76. The lowest BCUT2D eigenvalue weighted by Gasteiger charge is -2.34. The van der Waals surface area contributed by atoms with Crippen LogP contribution in [0.15, 0.2) is 36.4 Å². The second-order valence-corrected chi connectivity index (χ2v) is 14.9. The maximum absolute atomic E-state index is 14.3. The van der Waals surface area contributed by atoms with Crippen LogP contribution in [0.4, 0.5) is 0 Å². The SMILES string of the molecule is Cc1ccccc1C[C@H](NC(=O)/C=C/C1CCCCC1)C(=O)N[C@H]1COC(=O)[C@@H]2CCCN2C(=O)[C@H](C)NC(=O)[C@H](C)N(C)C(=O)[C@@H]2CCCN2C1=O. The normalized spacial score (nSPS) is 27.3. The summed E-state index contributed by atoms with van der Waals surface area (Å²) < 4.78 is 5.69. The zero-order valence-corrected chi connectivity index (χ0v) is 31.3. The van der Waals surface area contributed by atoms with Crippen molar-refractivity contribution in [1.29, 1.82) is 0 Å². The van der Waals surface area contributed by atoms with Crippen molar-refractivity contribution in [2.24, 2.45) is 5.92 Å². The summed E-state index contributed by atoms with van der Waals surface area (Å²) in [6.45, 7) is 4.91. The number of esters is 1. The monoisotopic (exact) mass is 734 g/mol. The van der Waals surface area contributed by atoms with E-state index in [1.54, 1.807) is 6.92 Å². The first-order chi connectivity index (χ1) is 25.3. The average molecular weight is 735 g/mol. The highest BCUT2D eigenvalue weighted by Gasteiger charge is 2.43. The highest BCUT2D eigenvalue weighted by Crippen LogP contribution is 2.25. The molecular weight excluding hydrogens is 680 g/mol. The maximum atomic E-state index is 14.3. The molecule has 3 saturated heterocycles. The van der Waals surface area contributed by atoms with Gasteiger partial charge in [-0.05, 0) is 82.4 Å². The molecule has 1 saturated carbocycles. The van der Waals surface area contributed by atoms with Crippen molar-refractivity contribution in [2.45, 2.75) is 121 Å². The summed E-state index contributed by atoms with van der Waals surface area (Å²) in [4.78, 5) is 99.6. The van der Waals surface area contributed by atoms with E-state index in [-0.39, 0.29) is 19.5 Å². The summed E-state index contributed by atoms with van der Waals surface area (Å²) in [5.74, 6) is -3.67. The lowest BCUT2D eigenvalue weighted by Crippen LogP contribution is -2.60. The number of rotatable bonds is 7. The molecule has 0 spiro atoms. The largest absolute Gasteiger partial charge is 0.461 e. The van der Waals surface area contributed by atoms with Gasteiger partial charge >= 0.3 is 5.97 Å². The van der Waals surface area contributed by atoms with Gasteiger partial charge < -0.3 is 35.4 Å². The molecule has 53 heavy (non-hydrogen) atoms. The van der Waals surface area contributed by atoms with Crippen LogP contribution in [0.2, 0.25) is 0 Å². The van der Waals surface area contributed by atoms with Gasteiger partial charge in [-0.2, -0.15) is 0 Å². The third-order valence-electron chi connectivity index (χ3n) is 11.2. The number of benzene rings is 1. The van der Waals surface area contributed by atoms with Crippen molar-refractivity contribution in [3.05, 3.63) is 47.5 Å². The molecule has 0 radical (unpaired) electrons. The Balaban J connectivity index is 1.42. The van der Waals surface area contributed by atoms with Gasteiger partial charge in [-0.1, -0.05) is 49.6 Å². The Labute approximate surface area is 311 Å². The molecule has 14 nitrogen and oxygen atoms in total. The topological polar surface area (TPSA) is 175 Å². The van der Waals surface area contributed by atoms with E-state index >= 15 is 0 Å². The van der Waals surface area contributed by atoms with Gasteiger partial charge in [-0.25, -0.2) is 4.79 Å². The third-order valence-corrected chi connectivity index (χ3v) is 11.2. The summed E-state index contributed by atoms with van der Waals surface area (Å²) in [6, 6.07) is 1.21. The first-order valence-corrected chi connectivity index (χ1v) is 19.0. The average Bonchev–Trinajstić information content (AvgIpc) is 3.85. The van der Waals surface area contributed by atoms with Gasteiger partial charge in [-0.15, -0.1) is 0 Å². The highest BCUT2D eigenvalue weighted by molar-refractivity contribution is 5.98. The molecule has 5 rings (SSSR count). The molecule has 14 heteroatoms. The fraction of sp³-hybridized carbons (Fsp3) is 0.615. The number of amides is 6. The van der Waals surface area contributed by atoms with Crippen LogP contribution in [0, 0.1) is 12.8 Å². The van der Waals surface area contributed by atoms with Crippen LogP contribution in [-0.2, 0) is 44.7 Å². The van der Waals surface area contributed by atoms with Crippen LogP contribution < -0.4 is 16.0 Å². The van der Waals surface area contributed by atoms with Crippen LogP contribution in [0.3, 0.4) is 0 Å². The molecule has 6 atom stereocenters. The number of hydrogen-bond donors (Lipinski definition) is 3. The Hall–Kier alpha value is -4.75. The van der Waals surface area contributed by atoms with E-state index in [0.29, 0.717) is 31.6 Å². The molecule has 4 fully saturated rings. The van der Waals surface area contributed by atoms with Gasteiger partial charge in [0.15, 0.2) is 0 Å². The molecule has 0 unspecified atom stereocenters. The molecular formula is C39H54N6O8. The van der Waals surface area contributed by atoms with Crippen molar-refractivity contribution in [3.63, 3.8) is 0 Å². The Morgan fingerprint density at radius 3 is 2.25 bits per heavy atom. The Morgan fingerprint density at radius 1 is 0.887 bits per heavy atom. The molecule has 4 aliphatic rings. The van der Waals surface area contributed by atoms with Crippen LogP contribution in [0.25, 0.3) is 0 Å². The van der Waals surface area contributed by atoms with Crippen LogP contribution in [0.1, 0.15) is 82.8 Å². The van der Waals surface area contributed by atoms with Crippen LogP contribution in [-0.4, -0.2) is 119 Å². The number of hydrogen-bond acceptors (Lipinski definition) is 8. The molecule has 1 aromatic carbocycles. The summed E-state index contributed by atoms with van der Waals surface area (Å²) in [7, 11) is 1.47. The lowest BCUT2D eigenvalue weighted by molar-refractivity contribution is -0.158. The van der Waals surface area contributed by atoms with Crippen molar-refractivity contribution in [2.75, 3.05) is 26.7 Å². The summed E-state index contributed by atoms with van der Waals surface area (Å²) in [6.07, 6.45) is 10.6. The number of nitrogens with zero attached hydrogens (tertiary/aromatic N) is 3. The smallest absolute Gasteiger partial charge is 0.328 e. The maximum Gasteiger partial charge on any atom is 0.328 e. The van der Waals surface area contributed by atoms with Gasteiger partial charge in [0.05, 0.1) is 0 Å². The second kappa shape index (κ2) is 17.8. The first-order valence-electron chi connectivity index (χ1n) is 19.0. The van der Waals surface area contributed by atoms with E-state index in [0.717, 1.165) is 36.8 Å². The van der Waals surface area contributed by atoms with E-state index < -0.39 is 84.3 Å². The van der Waals surface area contributed by atoms with Crippen molar-refractivity contribution in [3.8, 4) is 0 Å². The number of allylic oxidation sites excluding steroid dienone is 1. The Kier molecular flexibility index (Phi) is 13.3. The van der Waals surface area contributed by atoms with Crippen molar-refractivity contribution in [1.82, 2.24) is 30.7 Å². The first kappa shape index (κ1) is 39.5. The lowest BCUT2D eigenvalue weighted by atomic mass is 9.89. The van der Waals surface area contributed by atoms with Crippen molar-refractivity contribution < 1.29 is 38.3 Å². The zero-order chi connectivity index (χ0) is 38.2. The molecule has 1 aliphatic carbocycles.